The zero-order chi connectivity index (χ0) is 23.3. The van der Waals surface area contributed by atoms with E-state index in [2.05, 4.69) is 5.32 Å². The van der Waals surface area contributed by atoms with Crippen LogP contribution in [0.3, 0.4) is 0 Å². The molecule has 1 aliphatic heterocycles. The minimum atomic E-state index is -3.57. The minimum Gasteiger partial charge on any atom is -0.468 e. The number of hydrogen-bond acceptors (Lipinski definition) is 6. The van der Waals surface area contributed by atoms with Gasteiger partial charge in [-0.3, -0.25) is 9.69 Å². The number of furan rings is 1. The van der Waals surface area contributed by atoms with Crippen LogP contribution in [0.4, 0.5) is 5.69 Å². The highest BCUT2D eigenvalue weighted by molar-refractivity contribution is 7.89. The molecule has 0 bridgehead atoms. The Kier molecular flexibility index (Phi) is 7.64. The lowest BCUT2D eigenvalue weighted by atomic mass is 10.2. The molecule has 176 valence electrons. The number of nitrogens with one attached hydrogen (secondary N) is 1. The van der Waals surface area contributed by atoms with Gasteiger partial charge in [0.2, 0.25) is 15.9 Å². The molecule has 7 nitrogen and oxygen atoms in total. The van der Waals surface area contributed by atoms with E-state index in [1.54, 1.807) is 40.1 Å². The predicted octanol–water partition coefficient (Wildman–Crippen LogP) is 4.47. The monoisotopic (exact) mass is 487 g/mol. The van der Waals surface area contributed by atoms with E-state index in [9.17, 15) is 13.2 Å². The third-order valence-corrected chi connectivity index (χ3v) is 8.48. The lowest BCUT2D eigenvalue weighted by molar-refractivity contribution is -0.117. The van der Waals surface area contributed by atoms with Gasteiger partial charge in [0.1, 0.15) is 5.76 Å². The van der Waals surface area contributed by atoms with Crippen LogP contribution in [0, 0.1) is 6.92 Å². The highest BCUT2D eigenvalue weighted by atomic mass is 32.2. The summed E-state index contributed by atoms with van der Waals surface area (Å²) in [5.74, 6) is 0.582. The van der Waals surface area contributed by atoms with Crippen molar-refractivity contribution in [2.24, 2.45) is 0 Å². The van der Waals surface area contributed by atoms with Crippen LogP contribution in [0.1, 0.15) is 35.5 Å². The average Bonchev–Trinajstić information content (AvgIpc) is 3.50. The summed E-state index contributed by atoms with van der Waals surface area (Å²) in [6.07, 6.45) is 4.44. The van der Waals surface area contributed by atoms with Crippen molar-refractivity contribution in [2.45, 2.75) is 44.2 Å². The molecule has 9 heteroatoms. The summed E-state index contributed by atoms with van der Waals surface area (Å²) in [4.78, 5) is 16.3. The van der Waals surface area contributed by atoms with E-state index < -0.39 is 10.0 Å². The van der Waals surface area contributed by atoms with E-state index in [-0.39, 0.29) is 17.3 Å². The van der Waals surface area contributed by atoms with Gasteiger partial charge in [0.05, 0.1) is 24.2 Å². The molecule has 0 unspecified atom stereocenters. The highest BCUT2D eigenvalue weighted by Crippen LogP contribution is 2.25. The van der Waals surface area contributed by atoms with Crippen LogP contribution in [-0.2, 0) is 27.9 Å². The van der Waals surface area contributed by atoms with Gasteiger partial charge in [-0.1, -0.05) is 18.6 Å². The summed E-state index contributed by atoms with van der Waals surface area (Å²) in [6, 6.07) is 12.7. The summed E-state index contributed by atoms with van der Waals surface area (Å²) in [5, 5.41) is 4.94. The Morgan fingerprint density at radius 1 is 1.12 bits per heavy atom. The molecule has 3 aromatic rings. The van der Waals surface area contributed by atoms with Gasteiger partial charge < -0.3 is 9.73 Å². The first kappa shape index (κ1) is 23.7. The number of carbonyl (C=O) groups is 1. The topological polar surface area (TPSA) is 82.9 Å². The maximum Gasteiger partial charge on any atom is 0.243 e. The molecule has 1 N–H and O–H groups in total. The van der Waals surface area contributed by atoms with Gasteiger partial charge in [0, 0.05) is 30.2 Å². The van der Waals surface area contributed by atoms with Crippen molar-refractivity contribution < 1.29 is 17.6 Å². The van der Waals surface area contributed by atoms with Gasteiger partial charge in [-0.15, -0.1) is 11.3 Å². The van der Waals surface area contributed by atoms with Crippen molar-refractivity contribution >= 4 is 33.0 Å². The quantitative estimate of drug-likeness (QED) is 0.482. The van der Waals surface area contributed by atoms with Crippen molar-refractivity contribution in [1.29, 1.82) is 0 Å². The number of sulfonamides is 1. The SMILES string of the molecule is Cc1ccc(S(=O)(=O)N2CCCCC2)cc1NC(=O)CN(Cc1ccco1)Cc1cccs1. The molecule has 0 aliphatic carbocycles. The zero-order valence-corrected chi connectivity index (χ0v) is 20.3. The molecular weight excluding hydrogens is 458 g/mol. The Hall–Kier alpha value is -2.46. The number of aryl methyl sites for hydroxylation is 1. The van der Waals surface area contributed by atoms with Crippen LogP contribution in [-0.4, -0.2) is 43.2 Å². The summed E-state index contributed by atoms with van der Waals surface area (Å²) >= 11 is 1.64. The molecule has 0 saturated carbocycles. The van der Waals surface area contributed by atoms with Crippen molar-refractivity contribution in [2.75, 3.05) is 25.0 Å². The largest absolute Gasteiger partial charge is 0.468 e. The summed E-state index contributed by atoms with van der Waals surface area (Å²) in [6.45, 7) is 4.22. The first-order valence-corrected chi connectivity index (χ1v) is 13.4. The second-order valence-electron chi connectivity index (χ2n) is 8.29. The molecule has 1 saturated heterocycles. The fourth-order valence-electron chi connectivity index (χ4n) is 3.96. The number of carbonyl (C=O) groups excluding carboxylic acids is 1. The van der Waals surface area contributed by atoms with Gasteiger partial charge in [-0.25, -0.2) is 8.42 Å². The molecule has 0 atom stereocenters. The molecule has 1 amide bonds. The standard InChI is InChI=1S/C24H29N3O4S2/c1-19-9-10-22(33(29,30)27-11-3-2-4-12-27)15-23(19)25-24(28)18-26(16-20-7-5-13-31-20)17-21-8-6-14-32-21/h5-10,13-15H,2-4,11-12,16-18H2,1H3,(H,25,28). The molecule has 0 spiro atoms. The number of nitrogens with zero attached hydrogens (tertiary/aromatic N) is 2. The maximum atomic E-state index is 13.1. The van der Waals surface area contributed by atoms with Crippen molar-refractivity contribution in [3.8, 4) is 0 Å². The molecule has 2 aromatic heterocycles. The predicted molar refractivity (Wildman–Crippen MR) is 130 cm³/mol. The lowest BCUT2D eigenvalue weighted by Gasteiger charge is -2.26. The number of hydrogen-bond donors (Lipinski definition) is 1. The number of piperidine rings is 1. The molecule has 1 aliphatic rings. The third-order valence-electron chi connectivity index (χ3n) is 5.72. The summed E-state index contributed by atoms with van der Waals surface area (Å²) in [7, 11) is -3.57. The Bertz CT molecular complexity index is 1120. The van der Waals surface area contributed by atoms with E-state index >= 15 is 0 Å². The third kappa shape index (κ3) is 6.11. The number of thiophene rings is 1. The van der Waals surface area contributed by atoms with Gasteiger partial charge in [0.25, 0.3) is 0 Å². The van der Waals surface area contributed by atoms with Gasteiger partial charge in [-0.05, 0) is 61.0 Å². The maximum absolute atomic E-state index is 13.1. The van der Waals surface area contributed by atoms with Gasteiger partial charge >= 0.3 is 0 Å². The number of rotatable bonds is 9. The number of amides is 1. The van der Waals surface area contributed by atoms with Crippen LogP contribution in [0.25, 0.3) is 0 Å². The number of benzene rings is 1. The first-order valence-electron chi connectivity index (χ1n) is 11.1. The first-order chi connectivity index (χ1) is 15.9. The summed E-state index contributed by atoms with van der Waals surface area (Å²) in [5.41, 5.74) is 1.34. The molecule has 3 heterocycles. The average molecular weight is 488 g/mol. The Balaban J connectivity index is 1.47. The fraction of sp³-hybridized carbons (Fsp3) is 0.375. The molecule has 4 rings (SSSR count). The number of anilines is 1. The Morgan fingerprint density at radius 3 is 2.64 bits per heavy atom. The molecule has 0 radical (unpaired) electrons. The van der Waals surface area contributed by atoms with Crippen LogP contribution >= 0.6 is 11.3 Å². The summed E-state index contributed by atoms with van der Waals surface area (Å²) < 4.78 is 33.1. The van der Waals surface area contributed by atoms with Gasteiger partial charge in [0.15, 0.2) is 0 Å². The second-order valence-corrected chi connectivity index (χ2v) is 11.3. The molecule has 1 aromatic carbocycles. The zero-order valence-electron chi connectivity index (χ0n) is 18.7. The fourth-order valence-corrected chi connectivity index (χ4v) is 6.25. The van der Waals surface area contributed by atoms with E-state index in [0.29, 0.717) is 31.9 Å². The Labute approximate surface area is 199 Å². The second kappa shape index (κ2) is 10.6. The minimum absolute atomic E-state index is 0.154. The van der Waals surface area contributed by atoms with Crippen LogP contribution in [0.5, 0.6) is 0 Å². The van der Waals surface area contributed by atoms with E-state index in [4.69, 9.17) is 4.42 Å². The van der Waals surface area contributed by atoms with E-state index in [0.717, 1.165) is 35.5 Å². The highest BCUT2D eigenvalue weighted by Gasteiger charge is 2.26. The molecular formula is C24H29N3O4S2. The lowest BCUT2D eigenvalue weighted by Crippen LogP contribution is -2.35. The molecule has 1 fully saturated rings. The van der Waals surface area contributed by atoms with Crippen LogP contribution in [0.15, 0.2) is 63.4 Å². The van der Waals surface area contributed by atoms with Gasteiger partial charge in [-0.2, -0.15) is 4.31 Å². The molecule has 33 heavy (non-hydrogen) atoms. The normalized spacial score (nSPS) is 15.1. The van der Waals surface area contributed by atoms with Crippen molar-refractivity contribution in [3.63, 3.8) is 0 Å². The van der Waals surface area contributed by atoms with Crippen LogP contribution < -0.4 is 5.32 Å². The van der Waals surface area contributed by atoms with Crippen molar-refractivity contribution in [1.82, 2.24) is 9.21 Å². The Morgan fingerprint density at radius 2 is 1.94 bits per heavy atom. The smallest absolute Gasteiger partial charge is 0.243 e. The van der Waals surface area contributed by atoms with E-state index in [1.165, 1.54) is 0 Å². The van der Waals surface area contributed by atoms with E-state index in [1.807, 2.05) is 41.5 Å². The van der Waals surface area contributed by atoms with Crippen LogP contribution in [0.2, 0.25) is 0 Å². The van der Waals surface area contributed by atoms with Crippen molar-refractivity contribution in [3.05, 3.63) is 70.3 Å².